The third kappa shape index (κ3) is 3.26. The monoisotopic (exact) mass is 245 g/mol. The van der Waals surface area contributed by atoms with Crippen LogP contribution in [0.15, 0.2) is 30.5 Å². The van der Waals surface area contributed by atoms with E-state index in [4.69, 9.17) is 0 Å². The summed E-state index contributed by atoms with van der Waals surface area (Å²) in [5.74, 6) is 0.563. The fourth-order valence-corrected chi connectivity index (χ4v) is 1.65. The second-order valence-electron chi connectivity index (χ2n) is 4.23. The number of rotatable bonds is 4. The van der Waals surface area contributed by atoms with Gasteiger partial charge in [-0.3, -0.25) is 4.98 Å². The highest BCUT2D eigenvalue weighted by atomic mass is 19.1. The highest BCUT2D eigenvalue weighted by Gasteiger charge is 1.99. The molecule has 1 N–H and O–H groups in total. The van der Waals surface area contributed by atoms with Crippen molar-refractivity contribution in [3.8, 4) is 0 Å². The number of hydrogen-bond acceptors (Lipinski definition) is 3. The van der Waals surface area contributed by atoms with Crippen molar-refractivity contribution < 1.29 is 4.39 Å². The quantitative estimate of drug-likeness (QED) is 0.900. The molecule has 3 nitrogen and oxygen atoms in total. The van der Waals surface area contributed by atoms with Gasteiger partial charge >= 0.3 is 0 Å². The zero-order valence-electron chi connectivity index (χ0n) is 10.6. The Morgan fingerprint density at radius 2 is 2.06 bits per heavy atom. The van der Waals surface area contributed by atoms with Crippen molar-refractivity contribution in [1.82, 2.24) is 9.97 Å². The van der Waals surface area contributed by atoms with E-state index in [0.717, 1.165) is 29.2 Å². The van der Waals surface area contributed by atoms with Gasteiger partial charge in [0.15, 0.2) is 0 Å². The first-order valence-electron chi connectivity index (χ1n) is 5.94. The summed E-state index contributed by atoms with van der Waals surface area (Å²) in [6.45, 7) is 4.57. The molecule has 0 saturated carbocycles. The van der Waals surface area contributed by atoms with Crippen LogP contribution in [0.25, 0.3) is 0 Å². The summed E-state index contributed by atoms with van der Waals surface area (Å²) in [6, 6.07) is 6.64. The van der Waals surface area contributed by atoms with Crippen molar-refractivity contribution in [3.63, 3.8) is 0 Å². The molecular formula is C14H16FN3. The fraction of sp³-hybridized carbons (Fsp3) is 0.286. The first-order valence-corrected chi connectivity index (χ1v) is 5.94. The molecule has 0 unspecified atom stereocenters. The van der Waals surface area contributed by atoms with Crippen LogP contribution < -0.4 is 5.32 Å². The van der Waals surface area contributed by atoms with Gasteiger partial charge in [-0.05, 0) is 38.0 Å². The van der Waals surface area contributed by atoms with Gasteiger partial charge in [0.1, 0.15) is 11.6 Å². The Labute approximate surface area is 106 Å². The summed E-state index contributed by atoms with van der Waals surface area (Å²) in [7, 11) is 0. The van der Waals surface area contributed by atoms with Gasteiger partial charge in [-0.15, -0.1) is 0 Å². The summed E-state index contributed by atoms with van der Waals surface area (Å²) in [5, 5.41) is 3.18. The third-order valence-electron chi connectivity index (χ3n) is 2.80. The van der Waals surface area contributed by atoms with Crippen LogP contribution >= 0.6 is 0 Å². The molecule has 1 aromatic heterocycles. The third-order valence-corrected chi connectivity index (χ3v) is 2.80. The van der Waals surface area contributed by atoms with Gasteiger partial charge in [0.2, 0.25) is 0 Å². The van der Waals surface area contributed by atoms with E-state index in [0.29, 0.717) is 6.54 Å². The van der Waals surface area contributed by atoms with Crippen LogP contribution in [0.5, 0.6) is 0 Å². The lowest BCUT2D eigenvalue weighted by Gasteiger charge is -2.07. The smallest absolute Gasteiger partial charge is 0.144 e. The highest BCUT2D eigenvalue weighted by Crippen LogP contribution is 2.07. The van der Waals surface area contributed by atoms with E-state index < -0.39 is 0 Å². The van der Waals surface area contributed by atoms with Gasteiger partial charge in [0.25, 0.3) is 0 Å². The summed E-state index contributed by atoms with van der Waals surface area (Å²) < 4.78 is 13.0. The average Bonchev–Trinajstić information content (AvgIpc) is 2.34. The highest BCUT2D eigenvalue weighted by molar-refractivity contribution is 5.33. The normalized spacial score (nSPS) is 10.4. The molecular weight excluding hydrogens is 229 g/mol. The molecule has 0 aliphatic rings. The largest absolute Gasteiger partial charge is 0.368 e. The number of halogens is 1. The van der Waals surface area contributed by atoms with Gasteiger partial charge in [-0.2, -0.15) is 0 Å². The number of anilines is 1. The lowest BCUT2D eigenvalue weighted by molar-refractivity contribution is 0.625. The standard InChI is InChI=1S/C14H16FN3/c1-10-11(2)18-14(9-17-10)16-7-6-12-4-3-5-13(15)8-12/h3-5,8-9H,6-7H2,1-2H3,(H,16,18). The molecule has 1 aromatic carbocycles. The summed E-state index contributed by atoms with van der Waals surface area (Å²) in [5.41, 5.74) is 2.83. The summed E-state index contributed by atoms with van der Waals surface area (Å²) in [6.07, 6.45) is 2.47. The molecule has 0 radical (unpaired) electrons. The van der Waals surface area contributed by atoms with Crippen LogP contribution in [0, 0.1) is 19.7 Å². The van der Waals surface area contributed by atoms with Crippen LogP contribution in [0.2, 0.25) is 0 Å². The first kappa shape index (κ1) is 12.5. The Hall–Kier alpha value is -1.97. The Balaban J connectivity index is 1.90. The van der Waals surface area contributed by atoms with Crippen molar-refractivity contribution in [2.75, 3.05) is 11.9 Å². The zero-order chi connectivity index (χ0) is 13.0. The van der Waals surface area contributed by atoms with Crippen LogP contribution in [0.1, 0.15) is 17.0 Å². The molecule has 0 aliphatic carbocycles. The lowest BCUT2D eigenvalue weighted by Crippen LogP contribution is -2.08. The van der Waals surface area contributed by atoms with Gasteiger partial charge in [0.05, 0.1) is 17.6 Å². The van der Waals surface area contributed by atoms with Crippen LogP contribution in [-0.2, 0) is 6.42 Å². The summed E-state index contributed by atoms with van der Waals surface area (Å²) >= 11 is 0. The van der Waals surface area contributed by atoms with Crippen molar-refractivity contribution in [2.24, 2.45) is 0 Å². The second kappa shape index (κ2) is 5.58. The molecule has 2 rings (SSSR count). The number of hydrogen-bond donors (Lipinski definition) is 1. The van der Waals surface area contributed by atoms with Crippen molar-refractivity contribution in [2.45, 2.75) is 20.3 Å². The number of aromatic nitrogens is 2. The Kier molecular flexibility index (Phi) is 3.87. The number of nitrogens with zero attached hydrogens (tertiary/aromatic N) is 2. The SMILES string of the molecule is Cc1ncc(NCCc2cccc(F)c2)nc1C. The minimum atomic E-state index is -0.196. The molecule has 0 spiro atoms. The maximum Gasteiger partial charge on any atom is 0.144 e. The Morgan fingerprint density at radius 1 is 1.22 bits per heavy atom. The Bertz CT molecular complexity index is 540. The lowest BCUT2D eigenvalue weighted by atomic mass is 10.1. The van der Waals surface area contributed by atoms with Crippen LogP contribution in [0.3, 0.4) is 0 Å². The fourth-order valence-electron chi connectivity index (χ4n) is 1.65. The van der Waals surface area contributed by atoms with E-state index in [1.54, 1.807) is 18.3 Å². The molecule has 2 aromatic rings. The van der Waals surface area contributed by atoms with E-state index in [1.165, 1.54) is 6.07 Å². The van der Waals surface area contributed by atoms with Gasteiger partial charge < -0.3 is 5.32 Å². The molecule has 0 saturated heterocycles. The predicted octanol–water partition coefficient (Wildman–Crippen LogP) is 2.89. The number of nitrogens with one attached hydrogen (secondary N) is 1. The summed E-state index contributed by atoms with van der Waals surface area (Å²) in [4.78, 5) is 8.61. The molecule has 0 fully saturated rings. The zero-order valence-corrected chi connectivity index (χ0v) is 10.6. The van der Waals surface area contributed by atoms with E-state index in [-0.39, 0.29) is 5.82 Å². The van der Waals surface area contributed by atoms with E-state index >= 15 is 0 Å². The molecule has 94 valence electrons. The molecule has 0 atom stereocenters. The van der Waals surface area contributed by atoms with Crippen LogP contribution in [0.4, 0.5) is 10.2 Å². The molecule has 1 heterocycles. The topological polar surface area (TPSA) is 37.8 Å². The first-order chi connectivity index (χ1) is 8.65. The van der Waals surface area contributed by atoms with E-state index in [9.17, 15) is 4.39 Å². The average molecular weight is 245 g/mol. The maximum absolute atomic E-state index is 13.0. The number of aryl methyl sites for hydroxylation is 2. The minimum absolute atomic E-state index is 0.196. The van der Waals surface area contributed by atoms with E-state index in [1.807, 2.05) is 19.9 Å². The van der Waals surface area contributed by atoms with Crippen molar-refractivity contribution in [3.05, 3.63) is 53.2 Å². The molecule has 18 heavy (non-hydrogen) atoms. The second-order valence-corrected chi connectivity index (χ2v) is 4.23. The minimum Gasteiger partial charge on any atom is -0.368 e. The molecule has 0 amide bonds. The molecule has 0 aliphatic heterocycles. The maximum atomic E-state index is 13.0. The number of benzene rings is 1. The van der Waals surface area contributed by atoms with Gasteiger partial charge in [-0.1, -0.05) is 12.1 Å². The van der Waals surface area contributed by atoms with Crippen LogP contribution in [-0.4, -0.2) is 16.5 Å². The van der Waals surface area contributed by atoms with Crippen molar-refractivity contribution >= 4 is 5.82 Å². The predicted molar refractivity (Wildman–Crippen MR) is 70.1 cm³/mol. The molecule has 4 heteroatoms. The van der Waals surface area contributed by atoms with Crippen molar-refractivity contribution in [1.29, 1.82) is 0 Å². The molecule has 0 bridgehead atoms. The Morgan fingerprint density at radius 3 is 2.78 bits per heavy atom. The van der Waals surface area contributed by atoms with Gasteiger partial charge in [-0.25, -0.2) is 9.37 Å². The van der Waals surface area contributed by atoms with E-state index in [2.05, 4.69) is 15.3 Å². The van der Waals surface area contributed by atoms with Gasteiger partial charge in [0, 0.05) is 6.54 Å².